The molecule has 1 unspecified atom stereocenters. The highest BCUT2D eigenvalue weighted by Crippen LogP contribution is 2.38. The molecular weight excluding hydrogens is 474 g/mol. The molecule has 1 atom stereocenters. The van der Waals surface area contributed by atoms with Gasteiger partial charge in [0.15, 0.2) is 11.0 Å². The van der Waals surface area contributed by atoms with Gasteiger partial charge in [0.25, 0.3) is 5.91 Å². The van der Waals surface area contributed by atoms with Crippen molar-refractivity contribution in [2.45, 2.75) is 50.0 Å². The summed E-state index contributed by atoms with van der Waals surface area (Å²) < 4.78 is 44.0. The number of aromatic nitrogens is 2. The summed E-state index contributed by atoms with van der Waals surface area (Å²) >= 11 is 0. The Kier molecular flexibility index (Phi) is 5.76. The second-order valence-electron chi connectivity index (χ2n) is 8.77. The zero-order valence-electron chi connectivity index (χ0n) is 18.9. The topological polar surface area (TPSA) is 123 Å². The van der Waals surface area contributed by atoms with Gasteiger partial charge in [0.05, 0.1) is 27.9 Å². The Balaban J connectivity index is 1.64. The van der Waals surface area contributed by atoms with Crippen LogP contribution in [0.25, 0.3) is 22.4 Å². The Labute approximate surface area is 200 Å². The van der Waals surface area contributed by atoms with Crippen LogP contribution < -0.4 is 10.0 Å². The fourth-order valence-corrected chi connectivity index (χ4v) is 6.06. The van der Waals surface area contributed by atoms with E-state index in [1.165, 1.54) is 6.42 Å². The highest BCUT2D eigenvalue weighted by Gasteiger charge is 2.25. The maximum Gasteiger partial charge on any atom is 0.264 e. The first-order valence-corrected chi connectivity index (χ1v) is 14.1. The summed E-state index contributed by atoms with van der Waals surface area (Å²) in [6, 6.07) is 11.0. The van der Waals surface area contributed by atoms with Crippen molar-refractivity contribution < 1.29 is 17.4 Å². The highest BCUT2D eigenvalue weighted by atomic mass is 32.2. The highest BCUT2D eigenvalue weighted by molar-refractivity contribution is 7.89. The molecule has 178 valence electrons. The van der Waals surface area contributed by atoms with Crippen LogP contribution in [0, 0.1) is 0 Å². The third kappa shape index (κ3) is 4.37. The maximum absolute atomic E-state index is 12.6. The summed E-state index contributed by atoms with van der Waals surface area (Å²) in [5.41, 5.74) is 3.27. The monoisotopic (exact) mass is 499 g/mol. The first-order valence-electron chi connectivity index (χ1n) is 11.1. The van der Waals surface area contributed by atoms with E-state index in [0.29, 0.717) is 16.2 Å². The van der Waals surface area contributed by atoms with Crippen molar-refractivity contribution in [1.29, 1.82) is 0 Å². The lowest BCUT2D eigenvalue weighted by Crippen LogP contribution is -2.29. The minimum absolute atomic E-state index is 0.221. The van der Waals surface area contributed by atoms with Gasteiger partial charge in [-0.05, 0) is 56.2 Å². The fraction of sp³-hybridized carbons (Fsp3) is 0.348. The Morgan fingerprint density at radius 3 is 2.65 bits per heavy atom. The molecule has 1 amide bonds. The number of rotatable bonds is 4. The summed E-state index contributed by atoms with van der Waals surface area (Å²) in [5, 5.41) is 3.15. The van der Waals surface area contributed by atoms with Gasteiger partial charge in [0, 0.05) is 17.2 Å². The number of amides is 1. The summed E-state index contributed by atoms with van der Waals surface area (Å²) in [6.45, 7) is 1.77. The van der Waals surface area contributed by atoms with Gasteiger partial charge < -0.3 is 9.88 Å². The fourth-order valence-electron chi connectivity index (χ4n) is 4.68. The summed E-state index contributed by atoms with van der Waals surface area (Å²) in [6.07, 6.45) is 6.46. The van der Waals surface area contributed by atoms with Crippen LogP contribution in [0.2, 0.25) is 0 Å². The van der Waals surface area contributed by atoms with Crippen LogP contribution in [-0.2, 0) is 21.0 Å². The zero-order chi connectivity index (χ0) is 24.0. The molecule has 2 aliphatic rings. The van der Waals surface area contributed by atoms with Crippen LogP contribution in [0.3, 0.4) is 0 Å². The van der Waals surface area contributed by atoms with Gasteiger partial charge in [-0.15, -0.1) is 0 Å². The SMILES string of the molecule is CC1=NS(=O)c2cc(-c3nc4cc(C(=O)NS(C)(=O)=O)ccc4n3C3CCCCC3)ccc2N1. The van der Waals surface area contributed by atoms with Gasteiger partial charge in [-0.2, -0.15) is 4.40 Å². The van der Waals surface area contributed by atoms with Crippen molar-refractivity contribution in [2.24, 2.45) is 4.40 Å². The first-order chi connectivity index (χ1) is 16.2. The van der Waals surface area contributed by atoms with E-state index in [2.05, 4.69) is 14.3 Å². The molecule has 34 heavy (non-hydrogen) atoms. The molecule has 1 aliphatic carbocycles. The molecule has 9 nitrogen and oxygen atoms in total. The maximum atomic E-state index is 12.6. The standard InChI is InChI=1S/C23H25N5O4S2/c1-14-24-18-10-8-15(13-21(18)33(30)26-14)22-25-19-12-16(23(29)27-34(2,31)32)9-11-20(19)28(22)17-6-4-3-5-7-17/h8-13,17H,3-7H2,1-2H3,(H,24,26)(H,27,29). The lowest BCUT2D eigenvalue weighted by Gasteiger charge is -2.26. The van der Waals surface area contributed by atoms with Gasteiger partial charge in [0.2, 0.25) is 10.0 Å². The predicted octanol–water partition coefficient (Wildman–Crippen LogP) is 3.76. The molecule has 1 saturated carbocycles. The number of fused-ring (bicyclic) bond motifs is 2. The zero-order valence-corrected chi connectivity index (χ0v) is 20.5. The van der Waals surface area contributed by atoms with E-state index in [1.807, 2.05) is 29.0 Å². The average Bonchev–Trinajstić information content (AvgIpc) is 3.17. The van der Waals surface area contributed by atoms with Gasteiger partial charge in [0.1, 0.15) is 11.7 Å². The molecule has 0 spiro atoms. The molecule has 0 radical (unpaired) electrons. The summed E-state index contributed by atoms with van der Waals surface area (Å²) in [5.74, 6) is 0.642. The van der Waals surface area contributed by atoms with Crippen molar-refractivity contribution in [1.82, 2.24) is 14.3 Å². The quantitative estimate of drug-likeness (QED) is 0.563. The van der Waals surface area contributed by atoms with Crippen LogP contribution in [0.5, 0.6) is 0 Å². The van der Waals surface area contributed by atoms with Crippen LogP contribution in [0.1, 0.15) is 55.4 Å². The van der Waals surface area contributed by atoms with E-state index < -0.39 is 26.9 Å². The van der Waals surface area contributed by atoms with E-state index in [-0.39, 0.29) is 11.6 Å². The molecule has 1 aromatic heterocycles. The number of imidazole rings is 1. The van der Waals surface area contributed by atoms with Crippen molar-refractivity contribution in [2.75, 3.05) is 11.6 Å². The Morgan fingerprint density at radius 1 is 1.15 bits per heavy atom. The van der Waals surface area contributed by atoms with Crippen LogP contribution in [-0.4, -0.2) is 40.2 Å². The van der Waals surface area contributed by atoms with E-state index >= 15 is 0 Å². The number of hydrogen-bond acceptors (Lipinski definition) is 6. The van der Waals surface area contributed by atoms with Crippen LogP contribution in [0.15, 0.2) is 45.7 Å². The number of carbonyl (C=O) groups is 1. The normalized spacial score (nSPS) is 18.8. The van der Waals surface area contributed by atoms with Crippen molar-refractivity contribution in [3.05, 3.63) is 42.0 Å². The van der Waals surface area contributed by atoms with E-state index in [0.717, 1.165) is 54.5 Å². The van der Waals surface area contributed by atoms with E-state index in [4.69, 9.17) is 4.98 Å². The third-order valence-corrected chi connectivity index (χ3v) is 7.84. The molecule has 0 bridgehead atoms. The third-order valence-electron chi connectivity index (χ3n) is 6.13. The number of nitrogens with zero attached hydrogens (tertiary/aromatic N) is 3. The number of sulfonamides is 1. The molecule has 2 N–H and O–H groups in total. The molecule has 3 aromatic rings. The minimum Gasteiger partial charge on any atom is -0.342 e. The molecule has 1 aliphatic heterocycles. The number of nitrogens with one attached hydrogen (secondary N) is 2. The van der Waals surface area contributed by atoms with Gasteiger partial charge in [-0.25, -0.2) is 22.3 Å². The molecule has 2 aromatic carbocycles. The molecule has 5 rings (SSSR count). The summed E-state index contributed by atoms with van der Waals surface area (Å²) in [4.78, 5) is 17.9. The van der Waals surface area contributed by atoms with Crippen molar-refractivity contribution in [3.8, 4) is 11.4 Å². The summed E-state index contributed by atoms with van der Waals surface area (Å²) in [7, 11) is -5.18. The van der Waals surface area contributed by atoms with Crippen molar-refractivity contribution >= 4 is 49.5 Å². The van der Waals surface area contributed by atoms with Gasteiger partial charge >= 0.3 is 0 Å². The average molecular weight is 500 g/mol. The number of hydrogen-bond donors (Lipinski definition) is 2. The molecule has 1 fully saturated rings. The number of amidine groups is 1. The Bertz CT molecular complexity index is 1470. The van der Waals surface area contributed by atoms with Crippen molar-refractivity contribution in [3.63, 3.8) is 0 Å². The first kappa shape index (κ1) is 22.7. The smallest absolute Gasteiger partial charge is 0.264 e. The second kappa shape index (κ2) is 8.62. The second-order valence-corrected chi connectivity index (χ2v) is 11.6. The molecule has 0 saturated heterocycles. The van der Waals surface area contributed by atoms with Crippen LogP contribution >= 0.6 is 0 Å². The molecule has 11 heteroatoms. The largest absolute Gasteiger partial charge is 0.342 e. The number of benzene rings is 2. The van der Waals surface area contributed by atoms with E-state index in [9.17, 15) is 17.4 Å². The van der Waals surface area contributed by atoms with Gasteiger partial charge in [-0.3, -0.25) is 4.79 Å². The molecule has 2 heterocycles. The number of carbonyl (C=O) groups excluding carboxylic acids is 1. The number of anilines is 1. The Hall–Kier alpha value is -3.05. The van der Waals surface area contributed by atoms with Crippen LogP contribution in [0.4, 0.5) is 5.69 Å². The van der Waals surface area contributed by atoms with Gasteiger partial charge in [-0.1, -0.05) is 19.3 Å². The van der Waals surface area contributed by atoms with E-state index in [1.54, 1.807) is 19.1 Å². The molecular formula is C23H25N5O4S2. The minimum atomic E-state index is -3.68. The predicted molar refractivity (Wildman–Crippen MR) is 133 cm³/mol. The Morgan fingerprint density at radius 2 is 1.91 bits per heavy atom. The lowest BCUT2D eigenvalue weighted by molar-refractivity contribution is 0.0982. The lowest BCUT2D eigenvalue weighted by atomic mass is 9.94.